The number of hydrogen-bond acceptors (Lipinski definition) is 4. The zero-order valence-corrected chi connectivity index (χ0v) is 15.9. The lowest BCUT2D eigenvalue weighted by Crippen LogP contribution is -2.19. The van der Waals surface area contributed by atoms with E-state index in [9.17, 15) is 0 Å². The minimum absolute atomic E-state index is 0.354. The molecule has 0 amide bonds. The summed E-state index contributed by atoms with van der Waals surface area (Å²) in [6, 6.07) is 0.896. The summed E-state index contributed by atoms with van der Waals surface area (Å²) < 4.78 is 4.50. The quantitative estimate of drug-likeness (QED) is 0.759. The molecule has 1 saturated carbocycles. The summed E-state index contributed by atoms with van der Waals surface area (Å²) in [7, 11) is 0. The zero-order chi connectivity index (χ0) is 16.9. The molecular weight excluding hydrogens is 318 g/mol. The van der Waals surface area contributed by atoms with E-state index >= 15 is 0 Å². The highest BCUT2D eigenvalue weighted by atomic mass is 32.2. The average molecular weight is 348 g/mol. The Bertz CT molecular complexity index is 642. The SMILES string of the molecule is CSCCc1nc(C[C@H](C)n2ccnc2C)n(C2CCCCC2)n1. The molecule has 0 spiro atoms. The van der Waals surface area contributed by atoms with Crippen molar-refractivity contribution in [1.82, 2.24) is 24.3 Å². The lowest BCUT2D eigenvalue weighted by atomic mass is 9.95. The van der Waals surface area contributed by atoms with Crippen molar-refractivity contribution in [1.29, 1.82) is 0 Å². The standard InChI is InChI=1S/C18H29N5S/c1-14(22-11-10-19-15(22)2)13-18-20-17(9-12-24-3)21-23(18)16-7-5-4-6-8-16/h10-11,14,16H,4-9,12-13H2,1-3H3/t14-/m0/s1. The fraction of sp³-hybridized carbons (Fsp3) is 0.722. The summed E-state index contributed by atoms with van der Waals surface area (Å²) in [6.07, 6.45) is 14.5. The first-order valence-corrected chi connectivity index (χ1v) is 10.5. The maximum atomic E-state index is 4.91. The third-order valence-electron chi connectivity index (χ3n) is 5.01. The molecule has 5 nitrogen and oxygen atoms in total. The Labute approximate surface area is 149 Å². The largest absolute Gasteiger partial charge is 0.332 e. The fourth-order valence-electron chi connectivity index (χ4n) is 3.68. The van der Waals surface area contributed by atoms with Gasteiger partial charge in [0.2, 0.25) is 0 Å². The van der Waals surface area contributed by atoms with Crippen LogP contribution in [-0.4, -0.2) is 36.3 Å². The van der Waals surface area contributed by atoms with Gasteiger partial charge in [-0.2, -0.15) is 16.9 Å². The van der Waals surface area contributed by atoms with Crippen LogP contribution in [0.15, 0.2) is 12.4 Å². The van der Waals surface area contributed by atoms with Crippen molar-refractivity contribution in [3.63, 3.8) is 0 Å². The van der Waals surface area contributed by atoms with Crippen LogP contribution in [0, 0.1) is 6.92 Å². The Morgan fingerprint density at radius 1 is 1.29 bits per heavy atom. The second kappa shape index (κ2) is 8.19. The Morgan fingerprint density at radius 3 is 2.75 bits per heavy atom. The smallest absolute Gasteiger partial charge is 0.151 e. The maximum absolute atomic E-state index is 4.91. The van der Waals surface area contributed by atoms with E-state index in [1.807, 2.05) is 18.0 Å². The van der Waals surface area contributed by atoms with Crippen LogP contribution in [0.1, 0.15) is 68.6 Å². The van der Waals surface area contributed by atoms with Gasteiger partial charge < -0.3 is 4.57 Å². The number of thioether (sulfide) groups is 1. The van der Waals surface area contributed by atoms with Crippen LogP contribution in [0.4, 0.5) is 0 Å². The van der Waals surface area contributed by atoms with Crippen molar-refractivity contribution in [3.8, 4) is 0 Å². The molecule has 2 aromatic heterocycles. The highest BCUT2D eigenvalue weighted by molar-refractivity contribution is 7.98. The molecule has 0 N–H and O–H groups in total. The van der Waals surface area contributed by atoms with Gasteiger partial charge in [-0.25, -0.2) is 14.6 Å². The molecule has 0 aliphatic heterocycles. The summed E-state index contributed by atoms with van der Waals surface area (Å²) in [6.45, 7) is 4.31. The predicted octanol–water partition coefficient (Wildman–Crippen LogP) is 4.00. The molecule has 0 aromatic carbocycles. The molecular formula is C18H29N5S. The topological polar surface area (TPSA) is 48.5 Å². The summed E-state index contributed by atoms with van der Waals surface area (Å²) in [5.41, 5.74) is 0. The maximum Gasteiger partial charge on any atom is 0.151 e. The molecule has 132 valence electrons. The Balaban J connectivity index is 1.81. The summed E-state index contributed by atoms with van der Waals surface area (Å²) in [5, 5.41) is 4.90. The Kier molecular flexibility index (Phi) is 5.98. The van der Waals surface area contributed by atoms with E-state index in [-0.39, 0.29) is 0 Å². The predicted molar refractivity (Wildman–Crippen MR) is 99.6 cm³/mol. The zero-order valence-electron chi connectivity index (χ0n) is 15.1. The van der Waals surface area contributed by atoms with Gasteiger partial charge in [-0.15, -0.1) is 0 Å². The lowest BCUT2D eigenvalue weighted by Gasteiger charge is -2.24. The van der Waals surface area contributed by atoms with Crippen molar-refractivity contribution in [2.24, 2.45) is 0 Å². The third kappa shape index (κ3) is 4.02. The van der Waals surface area contributed by atoms with Crippen molar-refractivity contribution in [2.75, 3.05) is 12.0 Å². The Morgan fingerprint density at radius 2 is 2.08 bits per heavy atom. The first-order valence-electron chi connectivity index (χ1n) is 9.11. The van der Waals surface area contributed by atoms with Gasteiger partial charge in [0, 0.05) is 37.0 Å². The van der Waals surface area contributed by atoms with Gasteiger partial charge in [0.1, 0.15) is 11.6 Å². The number of aromatic nitrogens is 5. The van der Waals surface area contributed by atoms with Crippen LogP contribution in [0.25, 0.3) is 0 Å². The molecule has 2 heterocycles. The molecule has 0 saturated heterocycles. The first-order chi connectivity index (χ1) is 11.7. The molecule has 6 heteroatoms. The number of rotatable bonds is 7. The van der Waals surface area contributed by atoms with E-state index in [0.717, 1.165) is 36.1 Å². The van der Waals surface area contributed by atoms with Gasteiger partial charge >= 0.3 is 0 Å². The molecule has 3 rings (SSSR count). The summed E-state index contributed by atoms with van der Waals surface area (Å²) in [5.74, 6) is 4.32. The van der Waals surface area contributed by atoms with Crippen LogP contribution in [0.5, 0.6) is 0 Å². The van der Waals surface area contributed by atoms with Gasteiger partial charge in [0.15, 0.2) is 5.82 Å². The van der Waals surface area contributed by atoms with Gasteiger partial charge in [-0.3, -0.25) is 0 Å². The summed E-state index contributed by atoms with van der Waals surface area (Å²) in [4.78, 5) is 9.26. The second-order valence-corrected chi connectivity index (χ2v) is 7.84. The van der Waals surface area contributed by atoms with Crippen molar-refractivity contribution < 1.29 is 0 Å². The third-order valence-corrected chi connectivity index (χ3v) is 5.62. The van der Waals surface area contributed by atoms with Crippen molar-refractivity contribution in [3.05, 3.63) is 29.9 Å². The van der Waals surface area contributed by atoms with Crippen LogP contribution in [0.3, 0.4) is 0 Å². The molecule has 2 aromatic rings. The van der Waals surface area contributed by atoms with E-state index in [0.29, 0.717) is 12.1 Å². The molecule has 1 aliphatic rings. The van der Waals surface area contributed by atoms with Crippen molar-refractivity contribution in [2.45, 2.75) is 70.9 Å². The molecule has 1 atom stereocenters. The van der Waals surface area contributed by atoms with Gasteiger partial charge in [0.25, 0.3) is 0 Å². The van der Waals surface area contributed by atoms with Crippen LogP contribution in [-0.2, 0) is 12.8 Å². The van der Waals surface area contributed by atoms with E-state index in [1.165, 1.54) is 32.1 Å². The second-order valence-electron chi connectivity index (χ2n) is 6.86. The highest BCUT2D eigenvalue weighted by Crippen LogP contribution is 2.29. The first kappa shape index (κ1) is 17.5. The normalized spacial score (nSPS) is 17.3. The van der Waals surface area contributed by atoms with Gasteiger partial charge in [-0.1, -0.05) is 19.3 Å². The van der Waals surface area contributed by atoms with E-state index < -0.39 is 0 Å². The van der Waals surface area contributed by atoms with Crippen molar-refractivity contribution >= 4 is 11.8 Å². The van der Waals surface area contributed by atoms with Crippen LogP contribution in [0.2, 0.25) is 0 Å². The minimum Gasteiger partial charge on any atom is -0.332 e. The van der Waals surface area contributed by atoms with Crippen LogP contribution < -0.4 is 0 Å². The Hall–Kier alpha value is -1.30. The average Bonchev–Trinajstić information content (AvgIpc) is 3.20. The molecule has 1 fully saturated rings. The number of nitrogens with zero attached hydrogens (tertiary/aromatic N) is 5. The molecule has 0 bridgehead atoms. The molecule has 0 unspecified atom stereocenters. The number of aryl methyl sites for hydroxylation is 2. The summed E-state index contributed by atoms with van der Waals surface area (Å²) >= 11 is 1.86. The highest BCUT2D eigenvalue weighted by Gasteiger charge is 2.22. The van der Waals surface area contributed by atoms with Gasteiger partial charge in [-0.05, 0) is 32.9 Å². The fourth-order valence-corrected chi connectivity index (χ4v) is 4.06. The molecule has 24 heavy (non-hydrogen) atoms. The van der Waals surface area contributed by atoms with E-state index in [4.69, 9.17) is 10.1 Å². The number of imidazole rings is 1. The van der Waals surface area contributed by atoms with E-state index in [2.05, 4.69) is 40.5 Å². The lowest BCUT2D eigenvalue weighted by molar-refractivity contribution is 0.315. The van der Waals surface area contributed by atoms with E-state index in [1.54, 1.807) is 0 Å². The number of hydrogen-bond donors (Lipinski definition) is 0. The van der Waals surface area contributed by atoms with Crippen LogP contribution >= 0.6 is 11.8 Å². The van der Waals surface area contributed by atoms with Gasteiger partial charge in [0.05, 0.1) is 6.04 Å². The molecule has 1 aliphatic carbocycles. The monoisotopic (exact) mass is 347 g/mol. The molecule has 0 radical (unpaired) electrons. The minimum atomic E-state index is 0.354.